The predicted octanol–water partition coefficient (Wildman–Crippen LogP) is 3.82. The van der Waals surface area contributed by atoms with E-state index in [1.165, 1.54) is 29.6 Å². The molecule has 1 aliphatic rings. The SMILES string of the molecule is CCN(c1ccccc1)S(=O)(=O)c1cc(C(=O)NCCCN2CCCCC2)ccc1C. The van der Waals surface area contributed by atoms with Crippen LogP contribution in [0.4, 0.5) is 5.69 Å². The first kappa shape index (κ1) is 23.3. The fourth-order valence-electron chi connectivity index (χ4n) is 4.01. The monoisotopic (exact) mass is 443 g/mol. The molecule has 2 aromatic carbocycles. The Morgan fingerprint density at radius 3 is 2.45 bits per heavy atom. The highest BCUT2D eigenvalue weighted by atomic mass is 32.2. The van der Waals surface area contributed by atoms with E-state index in [2.05, 4.69) is 10.2 Å². The smallest absolute Gasteiger partial charge is 0.264 e. The minimum atomic E-state index is -3.78. The first-order chi connectivity index (χ1) is 14.9. The summed E-state index contributed by atoms with van der Waals surface area (Å²) >= 11 is 0. The lowest BCUT2D eigenvalue weighted by atomic mass is 10.1. The molecular formula is C24H33N3O3S. The van der Waals surface area contributed by atoms with Crippen LogP contribution in [0.1, 0.15) is 48.5 Å². The van der Waals surface area contributed by atoms with Crippen molar-refractivity contribution in [3.8, 4) is 0 Å². The van der Waals surface area contributed by atoms with Crippen molar-refractivity contribution in [2.75, 3.05) is 37.0 Å². The Kier molecular flexibility index (Phi) is 8.09. The van der Waals surface area contributed by atoms with Crippen LogP contribution in [-0.2, 0) is 10.0 Å². The Morgan fingerprint density at radius 1 is 1.06 bits per heavy atom. The summed E-state index contributed by atoms with van der Waals surface area (Å²) in [5.74, 6) is -0.238. The van der Waals surface area contributed by atoms with Gasteiger partial charge in [0.1, 0.15) is 0 Å². The summed E-state index contributed by atoms with van der Waals surface area (Å²) in [7, 11) is -3.78. The second-order valence-corrected chi connectivity index (χ2v) is 9.83. The zero-order chi connectivity index (χ0) is 22.3. The Hall–Kier alpha value is -2.38. The van der Waals surface area contributed by atoms with Crippen molar-refractivity contribution in [2.24, 2.45) is 0 Å². The standard InChI is InChI=1S/C24H33N3O3S/c1-3-27(22-11-6-4-7-12-22)31(29,30)23-19-21(14-13-20(23)2)24(28)25-15-10-18-26-16-8-5-9-17-26/h4,6-7,11-14,19H,3,5,8-10,15-18H2,1-2H3,(H,25,28). The quantitative estimate of drug-likeness (QED) is 0.598. The normalized spacial score (nSPS) is 14.9. The number of benzene rings is 2. The van der Waals surface area contributed by atoms with Crippen LogP contribution in [0.2, 0.25) is 0 Å². The molecule has 168 valence electrons. The van der Waals surface area contributed by atoms with Crippen LogP contribution >= 0.6 is 0 Å². The van der Waals surface area contributed by atoms with Crippen LogP contribution in [0, 0.1) is 6.92 Å². The van der Waals surface area contributed by atoms with E-state index in [9.17, 15) is 13.2 Å². The first-order valence-electron chi connectivity index (χ1n) is 11.1. The number of carbonyl (C=O) groups is 1. The van der Waals surface area contributed by atoms with Gasteiger partial charge < -0.3 is 10.2 Å². The minimum Gasteiger partial charge on any atom is -0.352 e. The van der Waals surface area contributed by atoms with Gasteiger partial charge in [-0.15, -0.1) is 0 Å². The molecule has 0 saturated carbocycles. The average Bonchev–Trinajstić information content (AvgIpc) is 2.78. The molecule has 0 bridgehead atoms. The van der Waals surface area contributed by atoms with Gasteiger partial charge in [-0.2, -0.15) is 0 Å². The van der Waals surface area contributed by atoms with Gasteiger partial charge in [-0.05, 0) is 82.6 Å². The molecule has 0 radical (unpaired) electrons. The lowest BCUT2D eigenvalue weighted by molar-refractivity contribution is 0.0951. The predicted molar refractivity (Wildman–Crippen MR) is 125 cm³/mol. The highest BCUT2D eigenvalue weighted by Crippen LogP contribution is 2.26. The number of hydrogen-bond donors (Lipinski definition) is 1. The van der Waals surface area contributed by atoms with Crippen LogP contribution in [-0.4, -0.2) is 51.9 Å². The molecule has 1 amide bonds. The number of amides is 1. The van der Waals surface area contributed by atoms with E-state index in [0.29, 0.717) is 29.9 Å². The van der Waals surface area contributed by atoms with E-state index in [-0.39, 0.29) is 10.8 Å². The second kappa shape index (κ2) is 10.8. The zero-order valence-electron chi connectivity index (χ0n) is 18.5. The van der Waals surface area contributed by atoms with Gasteiger partial charge in [0.05, 0.1) is 10.6 Å². The topological polar surface area (TPSA) is 69.7 Å². The highest BCUT2D eigenvalue weighted by Gasteiger charge is 2.26. The molecule has 0 atom stereocenters. The van der Waals surface area contributed by atoms with Crippen molar-refractivity contribution in [2.45, 2.75) is 44.4 Å². The molecule has 1 saturated heterocycles. The van der Waals surface area contributed by atoms with E-state index in [4.69, 9.17) is 0 Å². The number of hydrogen-bond acceptors (Lipinski definition) is 4. The third-order valence-corrected chi connectivity index (χ3v) is 7.78. The Balaban J connectivity index is 1.69. The third-order valence-electron chi connectivity index (χ3n) is 5.74. The van der Waals surface area contributed by atoms with Crippen molar-refractivity contribution in [3.05, 3.63) is 59.7 Å². The van der Waals surface area contributed by atoms with Crippen LogP contribution in [0.25, 0.3) is 0 Å². The number of aryl methyl sites for hydroxylation is 1. The molecule has 3 rings (SSSR count). The van der Waals surface area contributed by atoms with Crippen molar-refractivity contribution >= 4 is 21.6 Å². The molecule has 1 aliphatic heterocycles. The molecule has 2 aromatic rings. The van der Waals surface area contributed by atoms with Gasteiger partial charge in [0.2, 0.25) is 0 Å². The van der Waals surface area contributed by atoms with E-state index in [0.717, 1.165) is 26.1 Å². The van der Waals surface area contributed by atoms with Crippen molar-refractivity contribution in [1.82, 2.24) is 10.2 Å². The molecular weight excluding hydrogens is 410 g/mol. The minimum absolute atomic E-state index is 0.166. The van der Waals surface area contributed by atoms with Crippen LogP contribution in [0.15, 0.2) is 53.4 Å². The van der Waals surface area contributed by atoms with Crippen LogP contribution < -0.4 is 9.62 Å². The molecule has 0 unspecified atom stereocenters. The summed E-state index contributed by atoms with van der Waals surface area (Å²) in [6.07, 6.45) is 4.71. The number of sulfonamides is 1. The van der Waals surface area contributed by atoms with Crippen molar-refractivity contribution in [1.29, 1.82) is 0 Å². The number of nitrogens with zero attached hydrogens (tertiary/aromatic N) is 2. The molecule has 31 heavy (non-hydrogen) atoms. The fourth-order valence-corrected chi connectivity index (χ4v) is 5.74. The van der Waals surface area contributed by atoms with E-state index in [1.54, 1.807) is 38.1 Å². The summed E-state index contributed by atoms with van der Waals surface area (Å²) in [4.78, 5) is 15.3. The van der Waals surface area contributed by atoms with E-state index < -0.39 is 10.0 Å². The lowest BCUT2D eigenvalue weighted by Crippen LogP contribution is -2.33. The Morgan fingerprint density at radius 2 is 1.77 bits per heavy atom. The summed E-state index contributed by atoms with van der Waals surface area (Å²) in [6.45, 7) is 7.71. The molecule has 6 nitrogen and oxygen atoms in total. The molecule has 1 N–H and O–H groups in total. The van der Waals surface area contributed by atoms with Crippen LogP contribution in [0.3, 0.4) is 0 Å². The molecule has 1 fully saturated rings. The number of piperidine rings is 1. The Labute approximate surface area is 186 Å². The summed E-state index contributed by atoms with van der Waals surface area (Å²) in [5, 5.41) is 2.94. The number of rotatable bonds is 9. The van der Waals surface area contributed by atoms with Gasteiger partial charge in [0.25, 0.3) is 15.9 Å². The fraction of sp³-hybridized carbons (Fsp3) is 0.458. The van der Waals surface area contributed by atoms with Crippen molar-refractivity contribution in [3.63, 3.8) is 0 Å². The zero-order valence-corrected chi connectivity index (χ0v) is 19.3. The summed E-state index contributed by atoms with van der Waals surface area (Å²) < 4.78 is 28.1. The van der Waals surface area contributed by atoms with Gasteiger partial charge >= 0.3 is 0 Å². The number of para-hydroxylation sites is 1. The molecule has 7 heteroatoms. The van der Waals surface area contributed by atoms with E-state index in [1.807, 2.05) is 18.2 Å². The van der Waals surface area contributed by atoms with E-state index >= 15 is 0 Å². The molecule has 0 aliphatic carbocycles. The van der Waals surface area contributed by atoms with Gasteiger partial charge in [-0.1, -0.05) is 30.7 Å². The molecule has 0 aromatic heterocycles. The largest absolute Gasteiger partial charge is 0.352 e. The van der Waals surface area contributed by atoms with Crippen LogP contribution in [0.5, 0.6) is 0 Å². The van der Waals surface area contributed by atoms with Crippen molar-refractivity contribution < 1.29 is 13.2 Å². The Bertz CT molecular complexity index is 971. The molecule has 0 spiro atoms. The summed E-state index contributed by atoms with van der Waals surface area (Å²) in [6, 6.07) is 13.9. The second-order valence-electron chi connectivity index (χ2n) is 8.00. The number of anilines is 1. The summed E-state index contributed by atoms with van der Waals surface area (Å²) in [5.41, 5.74) is 1.60. The average molecular weight is 444 g/mol. The number of nitrogens with one attached hydrogen (secondary N) is 1. The number of carbonyl (C=O) groups excluding carboxylic acids is 1. The maximum atomic E-state index is 13.4. The maximum Gasteiger partial charge on any atom is 0.264 e. The lowest BCUT2D eigenvalue weighted by Gasteiger charge is -2.26. The van der Waals surface area contributed by atoms with Gasteiger partial charge in [0, 0.05) is 18.7 Å². The highest BCUT2D eigenvalue weighted by molar-refractivity contribution is 7.92. The van der Waals surface area contributed by atoms with Gasteiger partial charge in [0.15, 0.2) is 0 Å². The van der Waals surface area contributed by atoms with Gasteiger partial charge in [-0.3, -0.25) is 9.10 Å². The molecule has 1 heterocycles. The third kappa shape index (κ3) is 5.86. The van der Waals surface area contributed by atoms with Gasteiger partial charge in [-0.25, -0.2) is 8.42 Å². The first-order valence-corrected chi connectivity index (χ1v) is 12.6. The number of likely N-dealkylation sites (tertiary alicyclic amines) is 1. The maximum absolute atomic E-state index is 13.4.